The molecule has 0 saturated carbocycles. The normalized spacial score (nSPS) is 12.0. The third-order valence-corrected chi connectivity index (χ3v) is 4.18. The van der Waals surface area contributed by atoms with Gasteiger partial charge in [-0.1, -0.05) is 13.8 Å². The molecule has 0 saturated heterocycles. The van der Waals surface area contributed by atoms with Gasteiger partial charge >= 0.3 is 0 Å². The Morgan fingerprint density at radius 3 is 2.81 bits per heavy atom. The highest BCUT2D eigenvalue weighted by Crippen LogP contribution is 2.11. The summed E-state index contributed by atoms with van der Waals surface area (Å²) in [6, 6.07) is 5.38. The van der Waals surface area contributed by atoms with E-state index in [1.165, 1.54) is 12.4 Å². The first-order valence-corrected chi connectivity index (χ1v) is 8.12. The lowest BCUT2D eigenvalue weighted by Crippen LogP contribution is -2.23. The van der Waals surface area contributed by atoms with Crippen molar-refractivity contribution in [3.63, 3.8) is 0 Å². The van der Waals surface area contributed by atoms with Gasteiger partial charge in [-0.2, -0.15) is 10.2 Å². The lowest BCUT2D eigenvalue weighted by Gasteiger charge is -2.05. The van der Waals surface area contributed by atoms with Gasteiger partial charge in [0, 0.05) is 30.7 Å². The molecule has 2 aromatic rings. The van der Waals surface area contributed by atoms with E-state index in [4.69, 9.17) is 0 Å². The number of hydrogen-bond donors (Lipinski definition) is 3. The second-order valence-electron chi connectivity index (χ2n) is 4.94. The van der Waals surface area contributed by atoms with E-state index in [9.17, 15) is 8.42 Å². The summed E-state index contributed by atoms with van der Waals surface area (Å²) in [5.41, 5.74) is 1.39. The number of H-pyrrole nitrogens is 1. The summed E-state index contributed by atoms with van der Waals surface area (Å²) in [6.07, 6.45) is 3.02. The summed E-state index contributed by atoms with van der Waals surface area (Å²) in [5.74, 6) is 0. The number of nitrogens with one attached hydrogen (secondary N) is 3. The zero-order valence-corrected chi connectivity index (χ0v) is 12.8. The number of sulfonamides is 1. The van der Waals surface area contributed by atoms with E-state index >= 15 is 0 Å². The van der Waals surface area contributed by atoms with Crippen LogP contribution < -0.4 is 10.0 Å². The number of aromatic amines is 1. The van der Waals surface area contributed by atoms with Crippen molar-refractivity contribution in [1.29, 1.82) is 0 Å². The first-order chi connectivity index (χ1) is 9.97. The zero-order valence-electron chi connectivity index (χ0n) is 12.0. The van der Waals surface area contributed by atoms with E-state index in [1.54, 1.807) is 18.2 Å². The Balaban J connectivity index is 1.99. The van der Waals surface area contributed by atoms with E-state index in [1.807, 2.05) is 13.8 Å². The molecule has 0 aliphatic carbocycles. The van der Waals surface area contributed by atoms with Gasteiger partial charge in [-0.25, -0.2) is 13.1 Å². The Labute approximate surface area is 124 Å². The molecule has 2 aromatic heterocycles. The SMILES string of the molecule is CC(C)NCc1cc(S(=O)(=O)NCc2cccnn2)c[nH]1. The maximum absolute atomic E-state index is 12.2. The highest BCUT2D eigenvalue weighted by Gasteiger charge is 2.16. The molecule has 0 amide bonds. The maximum atomic E-state index is 12.2. The van der Waals surface area contributed by atoms with Crippen LogP contribution in [0.2, 0.25) is 0 Å². The summed E-state index contributed by atoms with van der Waals surface area (Å²) >= 11 is 0. The summed E-state index contributed by atoms with van der Waals surface area (Å²) in [7, 11) is -3.55. The van der Waals surface area contributed by atoms with Crippen molar-refractivity contribution < 1.29 is 8.42 Å². The van der Waals surface area contributed by atoms with Gasteiger partial charge in [0.1, 0.15) is 0 Å². The second kappa shape index (κ2) is 6.79. The monoisotopic (exact) mass is 309 g/mol. The average Bonchev–Trinajstić information content (AvgIpc) is 2.94. The molecular weight excluding hydrogens is 290 g/mol. The van der Waals surface area contributed by atoms with E-state index in [0.29, 0.717) is 18.3 Å². The third-order valence-electron chi connectivity index (χ3n) is 2.80. The van der Waals surface area contributed by atoms with E-state index in [2.05, 4.69) is 25.2 Å². The van der Waals surface area contributed by atoms with Crippen LogP contribution in [0.25, 0.3) is 0 Å². The minimum atomic E-state index is -3.55. The zero-order chi connectivity index (χ0) is 15.3. The number of aromatic nitrogens is 3. The number of hydrogen-bond acceptors (Lipinski definition) is 5. The molecule has 0 aliphatic heterocycles. The van der Waals surface area contributed by atoms with Crippen LogP contribution in [0.1, 0.15) is 25.2 Å². The Morgan fingerprint density at radius 2 is 2.14 bits per heavy atom. The Bertz CT molecular complexity index is 667. The molecule has 0 aliphatic rings. The number of rotatable bonds is 7. The van der Waals surface area contributed by atoms with Gasteiger partial charge < -0.3 is 10.3 Å². The van der Waals surface area contributed by atoms with Gasteiger partial charge in [-0.05, 0) is 18.2 Å². The fraction of sp³-hybridized carbons (Fsp3) is 0.385. The van der Waals surface area contributed by atoms with Crippen molar-refractivity contribution in [3.05, 3.63) is 42.0 Å². The fourth-order valence-electron chi connectivity index (χ4n) is 1.67. The van der Waals surface area contributed by atoms with Crippen molar-refractivity contribution in [3.8, 4) is 0 Å². The van der Waals surface area contributed by atoms with Crippen molar-refractivity contribution in [2.75, 3.05) is 0 Å². The molecule has 0 radical (unpaired) electrons. The number of nitrogens with zero attached hydrogens (tertiary/aromatic N) is 2. The fourth-order valence-corrected chi connectivity index (χ4v) is 2.69. The largest absolute Gasteiger partial charge is 0.363 e. The quantitative estimate of drug-likeness (QED) is 0.702. The first kappa shape index (κ1) is 15.6. The molecule has 2 heterocycles. The lowest BCUT2D eigenvalue weighted by molar-refractivity contribution is 0.579. The highest BCUT2D eigenvalue weighted by atomic mass is 32.2. The van der Waals surface area contributed by atoms with Crippen LogP contribution in [0.3, 0.4) is 0 Å². The second-order valence-corrected chi connectivity index (χ2v) is 6.70. The van der Waals surface area contributed by atoms with Crippen molar-refractivity contribution in [2.45, 2.75) is 37.9 Å². The standard InChI is InChI=1S/C13H19N5O2S/c1-10(2)14-7-12-6-13(9-15-12)21(19,20)17-8-11-4-3-5-16-18-11/h3-6,9-10,14-15,17H,7-8H2,1-2H3. The summed E-state index contributed by atoms with van der Waals surface area (Å²) in [5, 5.41) is 10.8. The van der Waals surface area contributed by atoms with Crippen molar-refractivity contribution in [2.24, 2.45) is 0 Å². The van der Waals surface area contributed by atoms with Gasteiger partial charge in [0.2, 0.25) is 10.0 Å². The predicted octanol–water partition coefficient (Wildman–Crippen LogP) is 0.781. The maximum Gasteiger partial charge on any atom is 0.242 e. The van der Waals surface area contributed by atoms with Gasteiger partial charge in [0.25, 0.3) is 0 Å². The Kier molecular flexibility index (Phi) is 5.05. The predicted molar refractivity (Wildman–Crippen MR) is 78.8 cm³/mol. The van der Waals surface area contributed by atoms with E-state index in [0.717, 1.165) is 5.69 Å². The van der Waals surface area contributed by atoms with Crippen LogP contribution in [0, 0.1) is 0 Å². The molecule has 8 heteroatoms. The third kappa shape index (κ3) is 4.62. The summed E-state index contributed by atoms with van der Waals surface area (Å²) in [6.45, 7) is 4.77. The van der Waals surface area contributed by atoms with Crippen LogP contribution in [0.4, 0.5) is 0 Å². The molecule has 7 nitrogen and oxygen atoms in total. The average molecular weight is 309 g/mol. The molecule has 114 valence electrons. The molecule has 0 aromatic carbocycles. The molecule has 0 atom stereocenters. The minimum Gasteiger partial charge on any atom is -0.363 e. The van der Waals surface area contributed by atoms with Gasteiger partial charge in [-0.15, -0.1) is 0 Å². The molecular formula is C13H19N5O2S. The van der Waals surface area contributed by atoms with Crippen LogP contribution in [0.15, 0.2) is 35.5 Å². The summed E-state index contributed by atoms with van der Waals surface area (Å²) < 4.78 is 26.8. The molecule has 0 spiro atoms. The van der Waals surface area contributed by atoms with Gasteiger partial charge in [-0.3, -0.25) is 0 Å². The lowest BCUT2D eigenvalue weighted by atomic mass is 10.3. The first-order valence-electron chi connectivity index (χ1n) is 6.64. The topological polar surface area (TPSA) is 99.8 Å². The van der Waals surface area contributed by atoms with Gasteiger partial charge in [0.05, 0.1) is 17.1 Å². The smallest absolute Gasteiger partial charge is 0.242 e. The molecule has 0 bridgehead atoms. The highest BCUT2D eigenvalue weighted by molar-refractivity contribution is 7.89. The van der Waals surface area contributed by atoms with Crippen molar-refractivity contribution in [1.82, 2.24) is 25.2 Å². The Morgan fingerprint density at radius 1 is 1.33 bits per heavy atom. The summed E-state index contributed by atoms with van der Waals surface area (Å²) in [4.78, 5) is 3.17. The van der Waals surface area contributed by atoms with Crippen LogP contribution in [-0.2, 0) is 23.1 Å². The molecule has 0 fully saturated rings. The van der Waals surface area contributed by atoms with Crippen LogP contribution in [0.5, 0.6) is 0 Å². The minimum absolute atomic E-state index is 0.112. The van der Waals surface area contributed by atoms with Gasteiger partial charge in [0.15, 0.2) is 0 Å². The van der Waals surface area contributed by atoms with Crippen LogP contribution >= 0.6 is 0 Å². The Hall–Kier alpha value is -1.77. The molecule has 0 unspecified atom stereocenters. The molecule has 2 rings (SSSR count). The van der Waals surface area contributed by atoms with E-state index < -0.39 is 10.0 Å². The van der Waals surface area contributed by atoms with Crippen molar-refractivity contribution >= 4 is 10.0 Å². The molecule has 21 heavy (non-hydrogen) atoms. The van der Waals surface area contributed by atoms with Crippen LogP contribution in [-0.4, -0.2) is 29.6 Å². The molecule has 3 N–H and O–H groups in total. The van der Waals surface area contributed by atoms with E-state index in [-0.39, 0.29) is 11.4 Å².